The number of aliphatic hydroxyl groups excluding tert-OH is 1. The van der Waals surface area contributed by atoms with Gasteiger partial charge < -0.3 is 9.84 Å². The fourth-order valence-electron chi connectivity index (χ4n) is 2.13. The minimum atomic E-state index is -0.933. The fraction of sp³-hybridized carbons (Fsp3) is 0.250. The lowest BCUT2D eigenvalue weighted by atomic mass is 9.96. The van der Waals surface area contributed by atoms with E-state index < -0.39 is 6.10 Å². The van der Waals surface area contributed by atoms with Gasteiger partial charge >= 0.3 is 0 Å². The Morgan fingerprint density at radius 1 is 1.10 bits per heavy atom. The molecule has 0 fully saturated rings. The van der Waals surface area contributed by atoms with Gasteiger partial charge in [0.1, 0.15) is 17.7 Å². The summed E-state index contributed by atoms with van der Waals surface area (Å²) in [5, 5.41) is 10.6. The van der Waals surface area contributed by atoms with Crippen LogP contribution in [-0.4, -0.2) is 12.2 Å². The van der Waals surface area contributed by atoms with E-state index >= 15 is 0 Å². The summed E-state index contributed by atoms with van der Waals surface area (Å²) in [5.41, 5.74) is 2.99. The van der Waals surface area contributed by atoms with Crippen molar-refractivity contribution in [2.24, 2.45) is 0 Å². The third kappa shape index (κ3) is 2.86. The molecule has 2 rings (SSSR count). The smallest absolute Gasteiger partial charge is 0.125 e. The Labute approximate surface area is 126 Å². The summed E-state index contributed by atoms with van der Waals surface area (Å²) in [7, 11) is 1.55. The number of aryl methyl sites for hydroxylation is 2. The van der Waals surface area contributed by atoms with Crippen LogP contribution in [0, 0.1) is 19.7 Å². The van der Waals surface area contributed by atoms with Gasteiger partial charge in [-0.2, -0.15) is 0 Å². The van der Waals surface area contributed by atoms with Gasteiger partial charge in [0, 0.05) is 10.0 Å². The molecule has 106 valence electrons. The highest BCUT2D eigenvalue weighted by Crippen LogP contribution is 2.35. The first-order chi connectivity index (χ1) is 9.43. The molecule has 20 heavy (non-hydrogen) atoms. The molecule has 2 aromatic rings. The van der Waals surface area contributed by atoms with Crippen LogP contribution in [0.1, 0.15) is 28.4 Å². The maximum Gasteiger partial charge on any atom is 0.125 e. The molecular weight excluding hydrogens is 323 g/mol. The van der Waals surface area contributed by atoms with Gasteiger partial charge in [-0.25, -0.2) is 4.39 Å². The SMILES string of the molecule is COc1cc(C)c(Br)cc1C(O)c1cc(F)ccc1C. The topological polar surface area (TPSA) is 29.5 Å². The van der Waals surface area contributed by atoms with Gasteiger partial charge in [0.15, 0.2) is 0 Å². The Kier molecular flexibility index (Phi) is 4.45. The predicted molar refractivity (Wildman–Crippen MR) is 80.6 cm³/mol. The second-order valence-electron chi connectivity index (χ2n) is 4.75. The van der Waals surface area contributed by atoms with Crippen molar-refractivity contribution in [3.63, 3.8) is 0 Å². The summed E-state index contributed by atoms with van der Waals surface area (Å²) >= 11 is 3.44. The molecular formula is C16H16BrFO2. The summed E-state index contributed by atoms with van der Waals surface area (Å²) in [6, 6.07) is 8.05. The van der Waals surface area contributed by atoms with Crippen LogP contribution in [0.5, 0.6) is 5.75 Å². The molecule has 0 aromatic heterocycles. The second kappa shape index (κ2) is 5.94. The standard InChI is InChI=1S/C16H16BrFO2/c1-9-4-5-11(18)7-12(9)16(19)13-8-14(17)10(2)6-15(13)20-3/h4-8,16,19H,1-3H3. The lowest BCUT2D eigenvalue weighted by Crippen LogP contribution is -2.05. The third-order valence-electron chi connectivity index (χ3n) is 3.34. The summed E-state index contributed by atoms with van der Waals surface area (Å²) in [6.45, 7) is 3.78. The fourth-order valence-corrected chi connectivity index (χ4v) is 2.50. The quantitative estimate of drug-likeness (QED) is 0.904. The van der Waals surface area contributed by atoms with Crippen molar-refractivity contribution < 1.29 is 14.2 Å². The number of benzene rings is 2. The molecule has 2 nitrogen and oxygen atoms in total. The van der Waals surface area contributed by atoms with Crippen molar-refractivity contribution in [1.82, 2.24) is 0 Å². The highest BCUT2D eigenvalue weighted by molar-refractivity contribution is 9.10. The first-order valence-corrected chi connectivity index (χ1v) is 7.01. The zero-order valence-electron chi connectivity index (χ0n) is 11.6. The molecule has 1 N–H and O–H groups in total. The zero-order chi connectivity index (χ0) is 14.9. The number of aliphatic hydroxyl groups is 1. The van der Waals surface area contributed by atoms with E-state index in [0.29, 0.717) is 16.9 Å². The van der Waals surface area contributed by atoms with Gasteiger partial charge in [-0.1, -0.05) is 22.0 Å². The Morgan fingerprint density at radius 2 is 1.80 bits per heavy atom. The second-order valence-corrected chi connectivity index (χ2v) is 5.60. The summed E-state index contributed by atoms with van der Waals surface area (Å²) in [5.74, 6) is 0.219. The lowest BCUT2D eigenvalue weighted by molar-refractivity contribution is 0.213. The van der Waals surface area contributed by atoms with Crippen LogP contribution in [0.25, 0.3) is 0 Å². The normalized spacial score (nSPS) is 12.3. The van der Waals surface area contributed by atoms with Crippen molar-refractivity contribution in [2.75, 3.05) is 7.11 Å². The van der Waals surface area contributed by atoms with Crippen molar-refractivity contribution in [1.29, 1.82) is 0 Å². The van der Waals surface area contributed by atoms with Gasteiger partial charge in [0.2, 0.25) is 0 Å². The minimum absolute atomic E-state index is 0.366. The molecule has 0 aliphatic carbocycles. The monoisotopic (exact) mass is 338 g/mol. The first kappa shape index (κ1) is 15.0. The Morgan fingerprint density at radius 3 is 2.45 bits per heavy atom. The van der Waals surface area contributed by atoms with Crippen LogP contribution >= 0.6 is 15.9 Å². The molecule has 0 aliphatic rings. The van der Waals surface area contributed by atoms with Crippen molar-refractivity contribution >= 4 is 15.9 Å². The molecule has 0 spiro atoms. The average molecular weight is 339 g/mol. The Balaban J connectivity index is 2.55. The van der Waals surface area contributed by atoms with Gasteiger partial charge in [-0.15, -0.1) is 0 Å². The van der Waals surface area contributed by atoms with Crippen LogP contribution in [0.3, 0.4) is 0 Å². The van der Waals surface area contributed by atoms with E-state index in [9.17, 15) is 9.50 Å². The molecule has 0 amide bonds. The Bertz CT molecular complexity index is 641. The Hall–Kier alpha value is -1.39. The molecule has 1 unspecified atom stereocenters. The number of hydrogen-bond donors (Lipinski definition) is 1. The van der Waals surface area contributed by atoms with E-state index in [1.54, 1.807) is 13.2 Å². The van der Waals surface area contributed by atoms with E-state index in [-0.39, 0.29) is 5.82 Å². The summed E-state index contributed by atoms with van der Waals surface area (Å²) in [6.07, 6.45) is -0.933. The van der Waals surface area contributed by atoms with E-state index in [0.717, 1.165) is 15.6 Å². The molecule has 0 aliphatic heterocycles. The van der Waals surface area contributed by atoms with Crippen molar-refractivity contribution in [2.45, 2.75) is 20.0 Å². The number of methoxy groups -OCH3 is 1. The number of rotatable bonds is 3. The molecule has 0 bridgehead atoms. The van der Waals surface area contributed by atoms with Crippen molar-refractivity contribution in [3.8, 4) is 5.75 Å². The average Bonchev–Trinajstić information content (AvgIpc) is 2.43. The lowest BCUT2D eigenvalue weighted by Gasteiger charge is -2.18. The van der Waals surface area contributed by atoms with Crippen LogP contribution in [0.15, 0.2) is 34.8 Å². The minimum Gasteiger partial charge on any atom is -0.496 e. The van der Waals surface area contributed by atoms with Crippen molar-refractivity contribution in [3.05, 3.63) is 62.9 Å². The molecule has 0 saturated heterocycles. The van der Waals surface area contributed by atoms with Crippen LogP contribution in [-0.2, 0) is 0 Å². The highest BCUT2D eigenvalue weighted by atomic mass is 79.9. The van der Waals surface area contributed by atoms with E-state index in [4.69, 9.17) is 4.74 Å². The highest BCUT2D eigenvalue weighted by Gasteiger charge is 2.19. The molecule has 0 heterocycles. The molecule has 0 saturated carbocycles. The van der Waals surface area contributed by atoms with Gasteiger partial charge in [0.05, 0.1) is 7.11 Å². The van der Waals surface area contributed by atoms with Gasteiger partial charge in [-0.3, -0.25) is 0 Å². The summed E-state index contributed by atoms with van der Waals surface area (Å²) < 4.78 is 19.6. The molecule has 2 aromatic carbocycles. The van der Waals surface area contributed by atoms with E-state index in [1.807, 2.05) is 26.0 Å². The molecule has 1 atom stereocenters. The maximum atomic E-state index is 13.4. The van der Waals surface area contributed by atoms with Gasteiger partial charge in [0.25, 0.3) is 0 Å². The predicted octanol–water partition coefficient (Wildman–Crippen LogP) is 4.30. The third-order valence-corrected chi connectivity index (χ3v) is 4.20. The van der Waals surface area contributed by atoms with Gasteiger partial charge in [-0.05, 0) is 54.8 Å². The zero-order valence-corrected chi connectivity index (χ0v) is 13.2. The van der Waals surface area contributed by atoms with Crippen LogP contribution in [0.4, 0.5) is 4.39 Å². The first-order valence-electron chi connectivity index (χ1n) is 6.22. The molecule has 4 heteroatoms. The summed E-state index contributed by atoms with van der Waals surface area (Å²) in [4.78, 5) is 0. The van der Waals surface area contributed by atoms with Crippen LogP contribution in [0.2, 0.25) is 0 Å². The van der Waals surface area contributed by atoms with E-state index in [2.05, 4.69) is 15.9 Å². The maximum absolute atomic E-state index is 13.4. The van der Waals surface area contributed by atoms with E-state index in [1.165, 1.54) is 12.1 Å². The number of hydrogen-bond acceptors (Lipinski definition) is 2. The van der Waals surface area contributed by atoms with Crippen LogP contribution < -0.4 is 4.74 Å². The number of halogens is 2. The number of ether oxygens (including phenoxy) is 1. The molecule has 0 radical (unpaired) electrons. The largest absolute Gasteiger partial charge is 0.496 e.